The van der Waals surface area contributed by atoms with Crippen LogP contribution in [0.1, 0.15) is 51.3 Å². The van der Waals surface area contributed by atoms with Crippen LogP contribution in [0.3, 0.4) is 0 Å². The van der Waals surface area contributed by atoms with Crippen LogP contribution in [0.4, 0.5) is 4.79 Å². The molecule has 11 heteroatoms. The second-order valence-corrected chi connectivity index (χ2v) is 11.5. The van der Waals surface area contributed by atoms with E-state index in [1.807, 2.05) is 39.8 Å². The summed E-state index contributed by atoms with van der Waals surface area (Å²) in [5.41, 5.74) is 2.29. The quantitative estimate of drug-likeness (QED) is 0.455. The van der Waals surface area contributed by atoms with Gasteiger partial charge in [-0.25, -0.2) is 14.8 Å². The standard InChI is InChI=1S/C29H38N6O5/c1-20-14-23-27(31-16-20)32-18-26(36)34(23)11-10-33-8-6-22(7-9-33)35(28(37)40-29(2,3)4)19-21-15-24-25(17-30-21)39-13-5-12-38-24/h14-18,22H,5-13,19H2,1-4H3. The summed E-state index contributed by atoms with van der Waals surface area (Å²) < 4.78 is 19.1. The molecular weight excluding hydrogens is 512 g/mol. The van der Waals surface area contributed by atoms with Gasteiger partial charge in [-0.1, -0.05) is 0 Å². The molecule has 2 aliphatic heterocycles. The second kappa shape index (κ2) is 11.8. The van der Waals surface area contributed by atoms with Gasteiger partial charge < -0.3 is 23.7 Å². The van der Waals surface area contributed by atoms with Gasteiger partial charge >= 0.3 is 6.09 Å². The van der Waals surface area contributed by atoms with Gasteiger partial charge in [0.05, 0.1) is 43.4 Å². The molecule has 214 valence electrons. The Morgan fingerprint density at radius 1 is 1.02 bits per heavy atom. The molecule has 0 aliphatic carbocycles. The van der Waals surface area contributed by atoms with Crippen molar-refractivity contribution in [3.05, 3.63) is 52.3 Å². The summed E-state index contributed by atoms with van der Waals surface area (Å²) in [7, 11) is 0. The molecule has 3 aromatic heterocycles. The van der Waals surface area contributed by atoms with Gasteiger partial charge in [-0.15, -0.1) is 0 Å². The number of aryl methyl sites for hydroxylation is 1. The van der Waals surface area contributed by atoms with Gasteiger partial charge in [0.1, 0.15) is 5.60 Å². The number of aromatic nitrogens is 4. The van der Waals surface area contributed by atoms with Crippen LogP contribution in [0, 0.1) is 6.92 Å². The molecule has 5 heterocycles. The summed E-state index contributed by atoms with van der Waals surface area (Å²) in [6, 6.07) is 3.82. The van der Waals surface area contributed by atoms with Gasteiger partial charge in [0, 0.05) is 50.9 Å². The predicted molar refractivity (Wildman–Crippen MR) is 150 cm³/mol. The molecule has 0 radical (unpaired) electrons. The van der Waals surface area contributed by atoms with E-state index in [1.165, 1.54) is 6.20 Å². The Hall–Kier alpha value is -3.73. The minimum absolute atomic E-state index is 0.000191. The van der Waals surface area contributed by atoms with Crippen LogP contribution < -0.4 is 15.0 Å². The van der Waals surface area contributed by atoms with Crippen molar-refractivity contribution < 1.29 is 19.0 Å². The molecule has 40 heavy (non-hydrogen) atoms. The van der Waals surface area contributed by atoms with E-state index in [4.69, 9.17) is 14.2 Å². The Balaban J connectivity index is 1.26. The number of fused-ring (bicyclic) bond motifs is 2. The highest BCUT2D eigenvalue weighted by Crippen LogP contribution is 2.30. The third kappa shape index (κ3) is 6.70. The molecule has 3 aromatic rings. The van der Waals surface area contributed by atoms with Crippen LogP contribution in [0.15, 0.2) is 35.5 Å². The number of rotatable bonds is 6. The molecule has 0 N–H and O–H groups in total. The van der Waals surface area contributed by atoms with Crippen molar-refractivity contribution in [3.63, 3.8) is 0 Å². The number of nitrogens with zero attached hydrogens (tertiary/aromatic N) is 6. The first-order chi connectivity index (χ1) is 19.2. The van der Waals surface area contributed by atoms with Crippen LogP contribution in [0.25, 0.3) is 11.2 Å². The summed E-state index contributed by atoms with van der Waals surface area (Å²) in [6.45, 7) is 11.9. The lowest BCUT2D eigenvalue weighted by atomic mass is 10.0. The number of hydrogen-bond acceptors (Lipinski definition) is 9. The highest BCUT2D eigenvalue weighted by molar-refractivity contribution is 5.70. The lowest BCUT2D eigenvalue weighted by Gasteiger charge is -2.39. The Labute approximate surface area is 234 Å². The van der Waals surface area contributed by atoms with E-state index in [0.717, 1.165) is 55.7 Å². The number of amides is 1. The first-order valence-corrected chi connectivity index (χ1v) is 13.9. The van der Waals surface area contributed by atoms with Crippen molar-refractivity contribution in [1.82, 2.24) is 29.3 Å². The minimum Gasteiger partial charge on any atom is -0.489 e. The number of likely N-dealkylation sites (tertiary alicyclic amines) is 1. The SMILES string of the molecule is Cc1cnc2ncc(=O)n(CCN3CCC(N(Cc4cc5c(cn4)OCCCO5)C(=O)OC(C)(C)C)CC3)c2c1. The number of piperidine rings is 1. The Morgan fingerprint density at radius 2 is 1.75 bits per heavy atom. The number of carbonyl (C=O) groups is 1. The molecule has 5 rings (SSSR count). The van der Waals surface area contributed by atoms with Crippen LogP contribution in [0.2, 0.25) is 0 Å². The molecule has 0 atom stereocenters. The molecule has 0 unspecified atom stereocenters. The van der Waals surface area contributed by atoms with Gasteiger partial charge in [0.2, 0.25) is 0 Å². The van der Waals surface area contributed by atoms with Gasteiger partial charge in [-0.2, -0.15) is 0 Å². The fraction of sp³-hybridized carbons (Fsp3) is 0.552. The van der Waals surface area contributed by atoms with E-state index >= 15 is 0 Å². The monoisotopic (exact) mass is 550 g/mol. The van der Waals surface area contributed by atoms with Gasteiger partial charge in [-0.3, -0.25) is 14.7 Å². The minimum atomic E-state index is -0.609. The molecule has 0 saturated carbocycles. The topological polar surface area (TPSA) is 112 Å². The summed E-state index contributed by atoms with van der Waals surface area (Å²) in [4.78, 5) is 43.2. The number of carbonyl (C=O) groups excluding carboxylic acids is 1. The Kier molecular flexibility index (Phi) is 8.20. The molecule has 1 saturated heterocycles. The summed E-state index contributed by atoms with van der Waals surface area (Å²) in [5.74, 6) is 1.29. The van der Waals surface area contributed by atoms with Crippen LogP contribution in [-0.4, -0.2) is 79.9 Å². The lowest BCUT2D eigenvalue weighted by Crippen LogP contribution is -2.49. The average molecular weight is 551 g/mol. The van der Waals surface area contributed by atoms with Crippen molar-refractivity contribution in [1.29, 1.82) is 0 Å². The average Bonchev–Trinajstić information content (AvgIpc) is 3.16. The molecule has 0 bridgehead atoms. The van der Waals surface area contributed by atoms with Crippen molar-refractivity contribution in [2.45, 2.75) is 71.7 Å². The Morgan fingerprint density at radius 3 is 2.50 bits per heavy atom. The van der Waals surface area contributed by atoms with E-state index in [9.17, 15) is 9.59 Å². The first-order valence-electron chi connectivity index (χ1n) is 13.9. The zero-order valence-electron chi connectivity index (χ0n) is 23.8. The molecule has 2 aliphatic rings. The lowest BCUT2D eigenvalue weighted by molar-refractivity contribution is 0.00531. The zero-order chi connectivity index (χ0) is 28.3. The summed E-state index contributed by atoms with van der Waals surface area (Å²) in [5, 5.41) is 0. The molecule has 0 spiro atoms. The second-order valence-electron chi connectivity index (χ2n) is 11.5. The normalized spacial score (nSPS) is 16.5. The van der Waals surface area contributed by atoms with E-state index in [2.05, 4.69) is 19.9 Å². The number of hydrogen-bond donors (Lipinski definition) is 0. The first kappa shape index (κ1) is 27.8. The van der Waals surface area contributed by atoms with E-state index < -0.39 is 5.60 Å². The largest absolute Gasteiger partial charge is 0.489 e. The van der Waals surface area contributed by atoms with Crippen LogP contribution in [0.5, 0.6) is 11.5 Å². The molecule has 11 nitrogen and oxygen atoms in total. The fourth-order valence-corrected chi connectivity index (χ4v) is 5.11. The highest BCUT2D eigenvalue weighted by Gasteiger charge is 2.32. The van der Waals surface area contributed by atoms with Crippen LogP contribution >= 0.6 is 0 Å². The predicted octanol–water partition coefficient (Wildman–Crippen LogP) is 3.56. The van der Waals surface area contributed by atoms with E-state index in [1.54, 1.807) is 21.9 Å². The third-order valence-corrected chi connectivity index (χ3v) is 7.13. The number of pyridine rings is 2. The molecule has 1 fully saturated rings. The van der Waals surface area contributed by atoms with E-state index in [-0.39, 0.29) is 17.7 Å². The summed E-state index contributed by atoms with van der Waals surface area (Å²) in [6.07, 6.45) is 6.81. The maximum Gasteiger partial charge on any atom is 0.410 e. The zero-order valence-corrected chi connectivity index (χ0v) is 23.8. The third-order valence-electron chi connectivity index (χ3n) is 7.13. The van der Waals surface area contributed by atoms with E-state index in [0.29, 0.717) is 43.4 Å². The van der Waals surface area contributed by atoms with Crippen LogP contribution in [-0.2, 0) is 17.8 Å². The maximum absolute atomic E-state index is 13.3. The van der Waals surface area contributed by atoms with Crippen molar-refractivity contribution in [2.75, 3.05) is 32.8 Å². The molecule has 0 aromatic carbocycles. The van der Waals surface area contributed by atoms with Gasteiger partial charge in [0.25, 0.3) is 5.56 Å². The fourth-order valence-electron chi connectivity index (χ4n) is 5.11. The maximum atomic E-state index is 13.3. The Bertz CT molecular complexity index is 1410. The van der Waals surface area contributed by atoms with Crippen molar-refractivity contribution in [2.24, 2.45) is 0 Å². The number of ether oxygens (including phenoxy) is 3. The molecule has 1 amide bonds. The smallest absolute Gasteiger partial charge is 0.410 e. The molecular formula is C29H38N6O5. The van der Waals surface area contributed by atoms with Gasteiger partial charge in [0.15, 0.2) is 17.1 Å². The van der Waals surface area contributed by atoms with Crippen molar-refractivity contribution >= 4 is 17.3 Å². The highest BCUT2D eigenvalue weighted by atomic mass is 16.6. The van der Waals surface area contributed by atoms with Gasteiger partial charge in [-0.05, 0) is 52.2 Å². The summed E-state index contributed by atoms with van der Waals surface area (Å²) >= 11 is 0. The van der Waals surface area contributed by atoms with Crippen molar-refractivity contribution in [3.8, 4) is 11.5 Å².